The number of hydrogen-bond acceptors (Lipinski definition) is 4. The van der Waals surface area contributed by atoms with Crippen LogP contribution >= 0.6 is 0 Å². The highest BCUT2D eigenvalue weighted by Gasteiger charge is 2.42. The Morgan fingerprint density at radius 1 is 1.44 bits per heavy atom. The van der Waals surface area contributed by atoms with Gasteiger partial charge in [0.1, 0.15) is 11.8 Å². The van der Waals surface area contributed by atoms with Crippen molar-refractivity contribution in [3.8, 4) is 0 Å². The van der Waals surface area contributed by atoms with Crippen LogP contribution in [0.1, 0.15) is 38.5 Å². The topological polar surface area (TPSA) is 56.5 Å². The van der Waals surface area contributed by atoms with Crippen molar-refractivity contribution in [3.63, 3.8) is 0 Å². The third-order valence-electron chi connectivity index (χ3n) is 3.82. The number of rotatable bonds is 4. The first-order chi connectivity index (χ1) is 7.82. The number of methoxy groups -OCH3 is 1. The summed E-state index contributed by atoms with van der Waals surface area (Å²) in [6.45, 7) is 0.771. The molecular weight excluding hydrogens is 204 g/mol. The first-order valence-corrected chi connectivity index (χ1v) is 6.16. The summed E-state index contributed by atoms with van der Waals surface area (Å²) in [7, 11) is 1.78. The molecule has 0 radical (unpaired) electrons. The lowest BCUT2D eigenvalue weighted by Gasteiger charge is -2.42. The first kappa shape index (κ1) is 11.9. The van der Waals surface area contributed by atoms with Crippen LogP contribution < -0.4 is 11.3 Å². The van der Waals surface area contributed by atoms with Gasteiger partial charge in [0.2, 0.25) is 0 Å². The molecule has 0 aromatic heterocycles. The molecule has 1 fully saturated rings. The smallest absolute Gasteiger partial charge is 0.113 e. The van der Waals surface area contributed by atoms with E-state index >= 15 is 0 Å². The van der Waals surface area contributed by atoms with Crippen LogP contribution in [0.25, 0.3) is 0 Å². The van der Waals surface area contributed by atoms with Gasteiger partial charge in [-0.1, -0.05) is 19.3 Å². The molecule has 1 aliphatic carbocycles. The van der Waals surface area contributed by atoms with E-state index < -0.39 is 0 Å². The highest BCUT2D eigenvalue weighted by molar-refractivity contribution is 5.15. The molecule has 92 valence electrons. The van der Waals surface area contributed by atoms with E-state index in [0.717, 1.165) is 31.6 Å². The summed E-state index contributed by atoms with van der Waals surface area (Å²) in [5.74, 6) is 6.66. The van der Waals surface area contributed by atoms with Crippen molar-refractivity contribution < 1.29 is 9.47 Å². The van der Waals surface area contributed by atoms with Gasteiger partial charge in [-0.3, -0.25) is 5.84 Å². The van der Waals surface area contributed by atoms with E-state index in [0.29, 0.717) is 0 Å². The second-order valence-corrected chi connectivity index (χ2v) is 4.67. The van der Waals surface area contributed by atoms with Crippen molar-refractivity contribution >= 4 is 0 Å². The van der Waals surface area contributed by atoms with Crippen molar-refractivity contribution in [2.24, 2.45) is 5.84 Å². The van der Waals surface area contributed by atoms with Crippen LogP contribution in [-0.4, -0.2) is 25.4 Å². The summed E-state index contributed by atoms with van der Waals surface area (Å²) in [6.07, 6.45) is 8.92. The molecule has 4 heteroatoms. The normalized spacial score (nSPS) is 26.0. The number of nitrogens with one attached hydrogen (secondary N) is 1. The van der Waals surface area contributed by atoms with Crippen molar-refractivity contribution in [2.75, 3.05) is 13.7 Å². The maximum absolute atomic E-state index is 5.78. The Morgan fingerprint density at radius 3 is 2.69 bits per heavy atom. The molecule has 2 aliphatic rings. The van der Waals surface area contributed by atoms with Gasteiger partial charge in [0, 0.05) is 13.5 Å². The van der Waals surface area contributed by atoms with E-state index in [1.807, 2.05) is 0 Å². The molecule has 0 bridgehead atoms. The average Bonchev–Trinajstić information content (AvgIpc) is 2.85. The van der Waals surface area contributed by atoms with Crippen LogP contribution in [0.5, 0.6) is 0 Å². The molecule has 2 rings (SSSR count). The van der Waals surface area contributed by atoms with E-state index in [1.54, 1.807) is 7.11 Å². The second-order valence-electron chi connectivity index (χ2n) is 4.67. The van der Waals surface area contributed by atoms with E-state index in [4.69, 9.17) is 15.3 Å². The molecule has 3 N–H and O–H groups in total. The summed E-state index contributed by atoms with van der Waals surface area (Å²) in [5.41, 5.74) is 2.71. The number of hydrazine groups is 1. The molecule has 1 aliphatic heterocycles. The molecule has 0 amide bonds. The average molecular weight is 226 g/mol. The lowest BCUT2D eigenvalue weighted by atomic mass is 9.78. The summed E-state index contributed by atoms with van der Waals surface area (Å²) in [5, 5.41) is 0. The lowest BCUT2D eigenvalue weighted by Crippen LogP contribution is -2.56. The zero-order valence-electron chi connectivity index (χ0n) is 10.00. The summed E-state index contributed by atoms with van der Waals surface area (Å²) >= 11 is 0. The number of hydrogen-bond donors (Lipinski definition) is 2. The highest BCUT2D eigenvalue weighted by atomic mass is 16.5. The molecule has 1 saturated carbocycles. The van der Waals surface area contributed by atoms with E-state index in [2.05, 4.69) is 11.5 Å². The summed E-state index contributed by atoms with van der Waals surface area (Å²) in [6, 6.07) is 0.000278. The zero-order chi connectivity index (χ0) is 11.4. The SMILES string of the molecule is COC1(C(NN)C2=CCCO2)CCCCC1. The van der Waals surface area contributed by atoms with Crippen molar-refractivity contribution in [2.45, 2.75) is 50.2 Å². The zero-order valence-corrected chi connectivity index (χ0v) is 10.00. The monoisotopic (exact) mass is 226 g/mol. The molecule has 1 heterocycles. The largest absolute Gasteiger partial charge is 0.496 e. The van der Waals surface area contributed by atoms with Crippen molar-refractivity contribution in [1.29, 1.82) is 0 Å². The Bertz CT molecular complexity index is 260. The molecule has 16 heavy (non-hydrogen) atoms. The van der Waals surface area contributed by atoms with Crippen LogP contribution in [-0.2, 0) is 9.47 Å². The van der Waals surface area contributed by atoms with Gasteiger partial charge in [0.25, 0.3) is 0 Å². The Labute approximate surface area is 97.1 Å². The van der Waals surface area contributed by atoms with Gasteiger partial charge in [-0.05, 0) is 18.9 Å². The van der Waals surface area contributed by atoms with Crippen LogP contribution in [0.15, 0.2) is 11.8 Å². The minimum atomic E-state index is -0.177. The van der Waals surface area contributed by atoms with Crippen LogP contribution in [0.2, 0.25) is 0 Å². The molecule has 1 atom stereocenters. The van der Waals surface area contributed by atoms with Gasteiger partial charge in [-0.25, -0.2) is 5.43 Å². The third kappa shape index (κ3) is 2.10. The van der Waals surface area contributed by atoms with Gasteiger partial charge in [-0.2, -0.15) is 0 Å². The first-order valence-electron chi connectivity index (χ1n) is 6.16. The third-order valence-corrected chi connectivity index (χ3v) is 3.82. The van der Waals surface area contributed by atoms with Crippen LogP contribution in [0, 0.1) is 0 Å². The van der Waals surface area contributed by atoms with E-state index in [1.165, 1.54) is 19.3 Å². The molecule has 0 aromatic rings. The van der Waals surface area contributed by atoms with Gasteiger partial charge in [0.05, 0.1) is 12.2 Å². The highest BCUT2D eigenvalue weighted by Crippen LogP contribution is 2.37. The van der Waals surface area contributed by atoms with E-state index in [9.17, 15) is 0 Å². The summed E-state index contributed by atoms with van der Waals surface area (Å²) in [4.78, 5) is 0. The van der Waals surface area contributed by atoms with Gasteiger partial charge < -0.3 is 9.47 Å². The van der Waals surface area contributed by atoms with Gasteiger partial charge in [0.15, 0.2) is 0 Å². The standard InChI is InChI=1S/C12H22N2O2/c1-15-12(7-3-2-4-8-12)11(14-13)10-6-5-9-16-10/h6,11,14H,2-5,7-9,13H2,1H3. The Hall–Kier alpha value is -0.580. The Morgan fingerprint density at radius 2 is 2.19 bits per heavy atom. The van der Waals surface area contributed by atoms with Gasteiger partial charge >= 0.3 is 0 Å². The molecule has 4 nitrogen and oxygen atoms in total. The van der Waals surface area contributed by atoms with Crippen LogP contribution in [0.4, 0.5) is 0 Å². The Kier molecular flexibility index (Phi) is 3.84. The fraction of sp³-hybridized carbons (Fsp3) is 0.833. The van der Waals surface area contributed by atoms with Crippen molar-refractivity contribution in [1.82, 2.24) is 5.43 Å². The molecule has 1 unspecified atom stereocenters. The minimum absolute atomic E-state index is 0.000278. The van der Waals surface area contributed by atoms with Crippen LogP contribution in [0.3, 0.4) is 0 Å². The van der Waals surface area contributed by atoms with E-state index in [-0.39, 0.29) is 11.6 Å². The predicted molar refractivity (Wildman–Crippen MR) is 62.6 cm³/mol. The lowest BCUT2D eigenvalue weighted by molar-refractivity contribution is -0.0686. The Balaban J connectivity index is 2.15. The fourth-order valence-corrected chi connectivity index (χ4v) is 2.89. The number of ether oxygens (including phenoxy) is 2. The molecule has 0 saturated heterocycles. The molecule has 0 spiro atoms. The van der Waals surface area contributed by atoms with Gasteiger partial charge in [-0.15, -0.1) is 0 Å². The second kappa shape index (κ2) is 5.17. The number of nitrogens with two attached hydrogens (primary N) is 1. The summed E-state index contributed by atoms with van der Waals surface area (Å²) < 4.78 is 11.4. The molecule has 0 aromatic carbocycles. The maximum atomic E-state index is 5.78. The predicted octanol–water partition coefficient (Wildman–Crippen LogP) is 1.47. The molecular formula is C12H22N2O2. The minimum Gasteiger partial charge on any atom is -0.496 e. The van der Waals surface area contributed by atoms with Crippen molar-refractivity contribution in [3.05, 3.63) is 11.8 Å². The fourth-order valence-electron chi connectivity index (χ4n) is 2.89. The maximum Gasteiger partial charge on any atom is 0.113 e. The quantitative estimate of drug-likeness (QED) is 0.563.